The van der Waals surface area contributed by atoms with Gasteiger partial charge in [-0.3, -0.25) is 4.79 Å². The zero-order chi connectivity index (χ0) is 10.5. The fourth-order valence-electron chi connectivity index (χ4n) is 1.84. The van der Waals surface area contributed by atoms with E-state index in [2.05, 4.69) is 10.6 Å². The predicted molar refractivity (Wildman–Crippen MR) is 67.0 cm³/mol. The maximum Gasteiger partial charge on any atom is 0.251 e. The Hall–Kier alpha value is -1.06. The van der Waals surface area contributed by atoms with Gasteiger partial charge in [0, 0.05) is 18.2 Å². The van der Waals surface area contributed by atoms with Crippen LogP contribution in [-0.4, -0.2) is 25.0 Å². The van der Waals surface area contributed by atoms with Gasteiger partial charge in [0.2, 0.25) is 0 Å². The van der Waals surface area contributed by atoms with Crippen LogP contribution >= 0.6 is 12.4 Å². The van der Waals surface area contributed by atoms with Gasteiger partial charge in [0.15, 0.2) is 0 Å². The lowest BCUT2D eigenvalue weighted by Crippen LogP contribution is -2.37. The summed E-state index contributed by atoms with van der Waals surface area (Å²) in [6, 6.07) is 9.79. The average molecular weight is 241 g/mol. The first-order valence-electron chi connectivity index (χ1n) is 5.43. The van der Waals surface area contributed by atoms with E-state index in [1.165, 1.54) is 6.42 Å². The first-order chi connectivity index (χ1) is 7.36. The molecular formula is C12H17ClN2O. The first kappa shape index (κ1) is 13.0. The van der Waals surface area contributed by atoms with E-state index in [0.717, 1.165) is 25.1 Å². The van der Waals surface area contributed by atoms with Crippen LogP contribution in [0.15, 0.2) is 30.3 Å². The molecule has 0 unspecified atom stereocenters. The SMILES string of the molecule is Cl.O=C(NC[C@H]1CCCN1)c1ccccc1. The summed E-state index contributed by atoms with van der Waals surface area (Å²) >= 11 is 0. The second kappa shape index (κ2) is 6.51. The van der Waals surface area contributed by atoms with E-state index < -0.39 is 0 Å². The summed E-state index contributed by atoms with van der Waals surface area (Å²) in [5.74, 6) is 0.0179. The summed E-state index contributed by atoms with van der Waals surface area (Å²) in [5, 5.41) is 6.29. The van der Waals surface area contributed by atoms with E-state index >= 15 is 0 Å². The van der Waals surface area contributed by atoms with Crippen molar-refractivity contribution in [1.29, 1.82) is 0 Å². The number of amides is 1. The van der Waals surface area contributed by atoms with Crippen molar-refractivity contribution < 1.29 is 4.79 Å². The van der Waals surface area contributed by atoms with Gasteiger partial charge < -0.3 is 10.6 Å². The molecule has 1 aromatic rings. The monoisotopic (exact) mass is 240 g/mol. The van der Waals surface area contributed by atoms with Gasteiger partial charge in [0.05, 0.1) is 0 Å². The van der Waals surface area contributed by atoms with E-state index in [9.17, 15) is 4.79 Å². The van der Waals surface area contributed by atoms with Crippen molar-refractivity contribution in [3.05, 3.63) is 35.9 Å². The lowest BCUT2D eigenvalue weighted by molar-refractivity contribution is 0.0950. The van der Waals surface area contributed by atoms with Crippen molar-refractivity contribution in [2.75, 3.05) is 13.1 Å². The quantitative estimate of drug-likeness (QED) is 0.843. The minimum Gasteiger partial charge on any atom is -0.350 e. The molecule has 0 radical (unpaired) electrons. The van der Waals surface area contributed by atoms with Gasteiger partial charge in [-0.1, -0.05) is 18.2 Å². The van der Waals surface area contributed by atoms with Crippen LogP contribution in [0.4, 0.5) is 0 Å². The fraction of sp³-hybridized carbons (Fsp3) is 0.417. The molecule has 1 amide bonds. The molecule has 1 aromatic carbocycles. The summed E-state index contributed by atoms with van der Waals surface area (Å²) < 4.78 is 0. The molecule has 1 aliphatic rings. The Labute approximate surface area is 102 Å². The number of hydrogen-bond acceptors (Lipinski definition) is 2. The molecule has 0 saturated carbocycles. The molecule has 0 spiro atoms. The zero-order valence-corrected chi connectivity index (χ0v) is 9.93. The maximum atomic E-state index is 11.7. The summed E-state index contributed by atoms with van der Waals surface area (Å²) in [7, 11) is 0. The number of carbonyl (C=O) groups is 1. The van der Waals surface area contributed by atoms with Crippen molar-refractivity contribution in [2.45, 2.75) is 18.9 Å². The Bertz CT molecular complexity index is 323. The third-order valence-corrected chi connectivity index (χ3v) is 2.71. The fourth-order valence-corrected chi connectivity index (χ4v) is 1.84. The molecule has 2 N–H and O–H groups in total. The van der Waals surface area contributed by atoms with Gasteiger partial charge in [0.25, 0.3) is 5.91 Å². The van der Waals surface area contributed by atoms with Crippen LogP contribution in [0.1, 0.15) is 23.2 Å². The summed E-state index contributed by atoms with van der Waals surface area (Å²) in [5.41, 5.74) is 0.732. The highest BCUT2D eigenvalue weighted by Crippen LogP contribution is 2.04. The molecule has 1 atom stereocenters. The van der Waals surface area contributed by atoms with Crippen LogP contribution < -0.4 is 10.6 Å². The molecule has 1 saturated heterocycles. The van der Waals surface area contributed by atoms with Gasteiger partial charge in [-0.2, -0.15) is 0 Å². The van der Waals surface area contributed by atoms with Crippen LogP contribution in [-0.2, 0) is 0 Å². The molecule has 1 aliphatic heterocycles. The van der Waals surface area contributed by atoms with E-state index in [4.69, 9.17) is 0 Å². The number of carbonyl (C=O) groups excluding carboxylic acids is 1. The van der Waals surface area contributed by atoms with Crippen molar-refractivity contribution in [3.8, 4) is 0 Å². The molecular weight excluding hydrogens is 224 g/mol. The second-order valence-corrected chi connectivity index (χ2v) is 3.87. The van der Waals surface area contributed by atoms with Gasteiger partial charge >= 0.3 is 0 Å². The molecule has 0 bridgehead atoms. The van der Waals surface area contributed by atoms with Gasteiger partial charge in [0.1, 0.15) is 0 Å². The van der Waals surface area contributed by atoms with E-state index in [0.29, 0.717) is 6.04 Å². The van der Waals surface area contributed by atoms with Gasteiger partial charge in [-0.25, -0.2) is 0 Å². The van der Waals surface area contributed by atoms with Crippen molar-refractivity contribution in [1.82, 2.24) is 10.6 Å². The highest BCUT2D eigenvalue weighted by Gasteiger charge is 2.14. The van der Waals surface area contributed by atoms with Crippen LogP contribution in [0.2, 0.25) is 0 Å². The Morgan fingerprint density at radius 2 is 2.12 bits per heavy atom. The van der Waals surface area contributed by atoms with Gasteiger partial charge in [-0.05, 0) is 31.5 Å². The van der Waals surface area contributed by atoms with E-state index in [-0.39, 0.29) is 18.3 Å². The smallest absolute Gasteiger partial charge is 0.251 e. The lowest BCUT2D eigenvalue weighted by atomic mass is 10.2. The normalized spacial score (nSPS) is 18.9. The number of benzene rings is 1. The molecule has 0 aromatic heterocycles. The Morgan fingerprint density at radius 3 is 2.75 bits per heavy atom. The zero-order valence-electron chi connectivity index (χ0n) is 9.11. The largest absolute Gasteiger partial charge is 0.350 e. The summed E-state index contributed by atoms with van der Waals surface area (Å²) in [6.07, 6.45) is 2.38. The third-order valence-electron chi connectivity index (χ3n) is 2.71. The Morgan fingerprint density at radius 1 is 1.38 bits per heavy atom. The van der Waals surface area contributed by atoms with E-state index in [1.807, 2.05) is 30.3 Å². The maximum absolute atomic E-state index is 11.7. The highest BCUT2D eigenvalue weighted by molar-refractivity contribution is 5.94. The second-order valence-electron chi connectivity index (χ2n) is 3.87. The number of nitrogens with one attached hydrogen (secondary N) is 2. The minimum absolute atomic E-state index is 0. The molecule has 3 nitrogen and oxygen atoms in total. The van der Waals surface area contributed by atoms with Crippen LogP contribution in [0, 0.1) is 0 Å². The summed E-state index contributed by atoms with van der Waals surface area (Å²) in [4.78, 5) is 11.7. The average Bonchev–Trinajstić information content (AvgIpc) is 2.80. The van der Waals surface area contributed by atoms with Crippen molar-refractivity contribution >= 4 is 18.3 Å². The molecule has 88 valence electrons. The lowest BCUT2D eigenvalue weighted by Gasteiger charge is -2.11. The first-order valence-corrected chi connectivity index (χ1v) is 5.43. The number of halogens is 1. The molecule has 1 heterocycles. The topological polar surface area (TPSA) is 41.1 Å². The molecule has 16 heavy (non-hydrogen) atoms. The molecule has 1 fully saturated rings. The third kappa shape index (κ3) is 3.51. The van der Waals surface area contributed by atoms with E-state index in [1.54, 1.807) is 0 Å². The minimum atomic E-state index is 0. The molecule has 2 rings (SSSR count). The number of hydrogen-bond donors (Lipinski definition) is 2. The Balaban J connectivity index is 0.00000128. The van der Waals surface area contributed by atoms with Crippen LogP contribution in [0.25, 0.3) is 0 Å². The Kier molecular flexibility index (Phi) is 5.29. The highest BCUT2D eigenvalue weighted by atomic mass is 35.5. The molecule has 0 aliphatic carbocycles. The van der Waals surface area contributed by atoms with Crippen molar-refractivity contribution in [2.24, 2.45) is 0 Å². The van der Waals surface area contributed by atoms with Crippen LogP contribution in [0.3, 0.4) is 0 Å². The molecule has 4 heteroatoms. The number of rotatable bonds is 3. The van der Waals surface area contributed by atoms with Gasteiger partial charge in [-0.15, -0.1) is 12.4 Å². The predicted octanol–water partition coefficient (Wildman–Crippen LogP) is 1.59. The summed E-state index contributed by atoms with van der Waals surface area (Å²) in [6.45, 7) is 1.81. The van der Waals surface area contributed by atoms with Crippen LogP contribution in [0.5, 0.6) is 0 Å². The van der Waals surface area contributed by atoms with Crippen molar-refractivity contribution in [3.63, 3.8) is 0 Å². The standard InChI is InChI=1S/C12H16N2O.ClH/c15-12(10-5-2-1-3-6-10)14-9-11-7-4-8-13-11;/h1-3,5-6,11,13H,4,7-9H2,(H,14,15);1H/t11-;/m1./s1.